The molecule has 4 nitrogen and oxygen atoms in total. The van der Waals surface area contributed by atoms with Crippen LogP contribution in [0.1, 0.15) is 32.6 Å². The molecule has 1 saturated carbocycles. The van der Waals surface area contributed by atoms with Gasteiger partial charge in [0.1, 0.15) is 5.75 Å². The molecule has 26 heavy (non-hydrogen) atoms. The summed E-state index contributed by atoms with van der Waals surface area (Å²) in [6.07, 6.45) is 3.91. The molecular formula is C21H27ClN2O2. The Morgan fingerprint density at radius 3 is 2.69 bits per heavy atom. The molecule has 1 aliphatic rings. The SMILES string of the molecule is COc1ccccc1-c1cccc(NC(=O)C2CCCCC2(C)N)c1.Cl. The summed E-state index contributed by atoms with van der Waals surface area (Å²) in [5, 5.41) is 3.06. The number of halogens is 1. The molecule has 1 aliphatic carbocycles. The van der Waals surface area contributed by atoms with E-state index in [1.54, 1.807) is 7.11 Å². The Balaban J connectivity index is 0.00000243. The van der Waals surface area contributed by atoms with Gasteiger partial charge in [-0.1, -0.05) is 43.2 Å². The third-order valence-electron chi connectivity index (χ3n) is 5.12. The van der Waals surface area contributed by atoms with Crippen LogP contribution < -0.4 is 15.8 Å². The van der Waals surface area contributed by atoms with Gasteiger partial charge in [-0.15, -0.1) is 12.4 Å². The number of carbonyl (C=O) groups excluding carboxylic acids is 1. The van der Waals surface area contributed by atoms with Crippen LogP contribution in [0.2, 0.25) is 0 Å². The molecule has 0 heterocycles. The fourth-order valence-corrected chi connectivity index (χ4v) is 3.67. The van der Waals surface area contributed by atoms with Gasteiger partial charge in [-0.2, -0.15) is 0 Å². The van der Waals surface area contributed by atoms with Crippen molar-refractivity contribution in [2.45, 2.75) is 38.1 Å². The number of nitrogens with two attached hydrogens (primary N) is 1. The Kier molecular flexibility index (Phi) is 6.68. The third-order valence-corrected chi connectivity index (χ3v) is 5.12. The topological polar surface area (TPSA) is 64.3 Å². The van der Waals surface area contributed by atoms with Crippen molar-refractivity contribution in [2.75, 3.05) is 12.4 Å². The van der Waals surface area contributed by atoms with Crippen molar-refractivity contribution in [3.8, 4) is 16.9 Å². The maximum atomic E-state index is 12.7. The molecule has 0 bridgehead atoms. The standard InChI is InChI=1S/C21H26N2O2.ClH/c1-21(22)13-6-5-11-18(21)20(24)23-16-9-7-8-15(14-16)17-10-3-4-12-19(17)25-2;/h3-4,7-10,12,14,18H,5-6,11,13,22H2,1-2H3,(H,23,24);1H. The minimum atomic E-state index is -0.428. The van der Waals surface area contributed by atoms with E-state index in [2.05, 4.69) is 5.32 Å². The number of carbonyl (C=O) groups is 1. The highest BCUT2D eigenvalue weighted by Gasteiger charge is 2.37. The first-order chi connectivity index (χ1) is 12.0. The Hall–Kier alpha value is -2.04. The lowest BCUT2D eigenvalue weighted by atomic mass is 9.74. The summed E-state index contributed by atoms with van der Waals surface area (Å²) in [5.74, 6) is 0.686. The number of hydrogen-bond donors (Lipinski definition) is 2. The summed E-state index contributed by atoms with van der Waals surface area (Å²) in [6.45, 7) is 1.99. The summed E-state index contributed by atoms with van der Waals surface area (Å²) < 4.78 is 5.44. The third kappa shape index (κ3) is 4.37. The van der Waals surface area contributed by atoms with Crippen LogP contribution in [0, 0.1) is 5.92 Å². The molecule has 1 fully saturated rings. The minimum Gasteiger partial charge on any atom is -0.496 e. The zero-order valence-corrected chi connectivity index (χ0v) is 16.1. The van der Waals surface area contributed by atoms with Crippen molar-refractivity contribution in [1.29, 1.82) is 0 Å². The lowest BCUT2D eigenvalue weighted by Crippen LogP contribution is -2.51. The molecule has 0 aromatic heterocycles. The molecule has 0 saturated heterocycles. The van der Waals surface area contributed by atoms with E-state index in [4.69, 9.17) is 10.5 Å². The van der Waals surface area contributed by atoms with E-state index in [1.165, 1.54) is 0 Å². The predicted octanol–water partition coefficient (Wildman–Crippen LogP) is 4.63. The normalized spacial score (nSPS) is 22.2. The van der Waals surface area contributed by atoms with Crippen molar-refractivity contribution in [1.82, 2.24) is 0 Å². The Morgan fingerprint density at radius 2 is 1.96 bits per heavy atom. The maximum Gasteiger partial charge on any atom is 0.229 e. The average Bonchev–Trinajstić information content (AvgIpc) is 2.61. The monoisotopic (exact) mass is 374 g/mol. The second-order valence-electron chi connectivity index (χ2n) is 7.07. The van der Waals surface area contributed by atoms with Crippen LogP contribution >= 0.6 is 12.4 Å². The van der Waals surface area contributed by atoms with Crippen molar-refractivity contribution in [3.05, 3.63) is 48.5 Å². The zero-order chi connectivity index (χ0) is 17.9. The summed E-state index contributed by atoms with van der Waals surface area (Å²) in [5.41, 5.74) is 8.73. The first-order valence-electron chi connectivity index (χ1n) is 8.84. The van der Waals surface area contributed by atoms with Crippen LogP contribution in [-0.2, 0) is 4.79 Å². The van der Waals surface area contributed by atoms with E-state index in [0.29, 0.717) is 0 Å². The van der Waals surface area contributed by atoms with Gasteiger partial charge in [0.05, 0.1) is 13.0 Å². The van der Waals surface area contributed by atoms with Gasteiger partial charge in [-0.3, -0.25) is 4.79 Å². The van der Waals surface area contributed by atoms with Gasteiger partial charge in [0, 0.05) is 16.8 Å². The number of methoxy groups -OCH3 is 1. The molecule has 1 amide bonds. The average molecular weight is 375 g/mol. The second kappa shape index (κ2) is 8.56. The number of benzene rings is 2. The molecule has 2 aromatic carbocycles. The van der Waals surface area contributed by atoms with Gasteiger partial charge in [0.25, 0.3) is 0 Å². The second-order valence-corrected chi connectivity index (χ2v) is 7.07. The summed E-state index contributed by atoms with van der Waals surface area (Å²) in [7, 11) is 1.66. The van der Waals surface area contributed by atoms with Gasteiger partial charge in [-0.05, 0) is 43.5 Å². The van der Waals surface area contributed by atoms with Crippen LogP contribution in [-0.4, -0.2) is 18.6 Å². The molecule has 2 atom stereocenters. The first kappa shape index (κ1) is 20.3. The fourth-order valence-electron chi connectivity index (χ4n) is 3.67. The highest BCUT2D eigenvalue weighted by atomic mass is 35.5. The Bertz CT molecular complexity index is 761. The fraction of sp³-hybridized carbons (Fsp3) is 0.381. The van der Waals surface area contributed by atoms with E-state index >= 15 is 0 Å². The largest absolute Gasteiger partial charge is 0.496 e. The number of hydrogen-bond acceptors (Lipinski definition) is 3. The predicted molar refractivity (Wildman–Crippen MR) is 109 cm³/mol. The molecule has 0 aliphatic heterocycles. The van der Waals surface area contributed by atoms with Crippen LogP contribution in [0.4, 0.5) is 5.69 Å². The number of para-hydroxylation sites is 1. The molecule has 2 unspecified atom stereocenters. The molecule has 3 N–H and O–H groups in total. The molecule has 0 spiro atoms. The van der Waals surface area contributed by atoms with Crippen LogP contribution in [0.3, 0.4) is 0 Å². The molecule has 0 radical (unpaired) electrons. The number of anilines is 1. The van der Waals surface area contributed by atoms with Gasteiger partial charge < -0.3 is 15.8 Å². The van der Waals surface area contributed by atoms with Crippen LogP contribution in [0.5, 0.6) is 5.75 Å². The van der Waals surface area contributed by atoms with Crippen LogP contribution in [0.15, 0.2) is 48.5 Å². The molecule has 2 aromatic rings. The van der Waals surface area contributed by atoms with Crippen molar-refractivity contribution >= 4 is 24.0 Å². The Labute approximate surface area is 161 Å². The number of ether oxygens (including phenoxy) is 1. The highest BCUT2D eigenvalue weighted by Crippen LogP contribution is 2.34. The van der Waals surface area contributed by atoms with Crippen molar-refractivity contribution < 1.29 is 9.53 Å². The van der Waals surface area contributed by atoms with Gasteiger partial charge in [0.15, 0.2) is 0 Å². The number of amides is 1. The van der Waals surface area contributed by atoms with E-state index in [-0.39, 0.29) is 24.2 Å². The summed E-state index contributed by atoms with van der Waals surface area (Å²) >= 11 is 0. The maximum absolute atomic E-state index is 12.7. The molecule has 5 heteroatoms. The first-order valence-corrected chi connectivity index (χ1v) is 8.84. The molecule has 3 rings (SSSR count). The van der Waals surface area contributed by atoms with Crippen molar-refractivity contribution in [3.63, 3.8) is 0 Å². The van der Waals surface area contributed by atoms with Gasteiger partial charge >= 0.3 is 0 Å². The number of nitrogens with one attached hydrogen (secondary N) is 1. The number of rotatable bonds is 4. The lowest BCUT2D eigenvalue weighted by molar-refractivity contribution is -0.122. The van der Waals surface area contributed by atoms with Gasteiger partial charge in [0.2, 0.25) is 5.91 Å². The van der Waals surface area contributed by atoms with Crippen molar-refractivity contribution in [2.24, 2.45) is 11.7 Å². The zero-order valence-electron chi connectivity index (χ0n) is 15.3. The quantitative estimate of drug-likeness (QED) is 0.819. The van der Waals surface area contributed by atoms with E-state index in [9.17, 15) is 4.79 Å². The molecule has 140 valence electrons. The summed E-state index contributed by atoms with van der Waals surface area (Å²) in [6, 6.07) is 15.7. The van der Waals surface area contributed by atoms with Gasteiger partial charge in [-0.25, -0.2) is 0 Å². The minimum absolute atomic E-state index is 0. The lowest BCUT2D eigenvalue weighted by Gasteiger charge is -2.37. The van der Waals surface area contributed by atoms with E-state index in [0.717, 1.165) is 48.2 Å². The smallest absolute Gasteiger partial charge is 0.229 e. The van der Waals surface area contributed by atoms with Crippen LogP contribution in [0.25, 0.3) is 11.1 Å². The highest BCUT2D eigenvalue weighted by molar-refractivity contribution is 5.94. The molecular weight excluding hydrogens is 348 g/mol. The summed E-state index contributed by atoms with van der Waals surface area (Å²) in [4.78, 5) is 12.7. The van der Waals surface area contributed by atoms with E-state index < -0.39 is 5.54 Å². The van der Waals surface area contributed by atoms with E-state index in [1.807, 2.05) is 55.5 Å². The Morgan fingerprint density at radius 1 is 1.19 bits per heavy atom.